The highest BCUT2D eigenvalue weighted by Crippen LogP contribution is 2.48. The smallest absolute Gasteiger partial charge is 0.310 e. The number of allylic oxidation sites excluding steroid dienone is 1. The van der Waals surface area contributed by atoms with Crippen molar-refractivity contribution in [1.82, 2.24) is 4.98 Å². The van der Waals surface area contributed by atoms with E-state index in [1.165, 1.54) is 0 Å². The number of carbonyl (C=O) groups is 1. The van der Waals surface area contributed by atoms with Crippen LogP contribution in [-0.2, 0) is 11.2 Å². The number of carboxylic acids is 1. The first-order valence-corrected chi connectivity index (χ1v) is 9.44. The van der Waals surface area contributed by atoms with E-state index in [1.54, 1.807) is 0 Å². The van der Waals surface area contributed by atoms with Gasteiger partial charge in [-0.3, -0.25) is 9.78 Å². The number of aliphatic carboxylic acids is 1. The maximum absolute atomic E-state index is 11.6. The summed E-state index contributed by atoms with van der Waals surface area (Å²) in [6.45, 7) is 1.93. The lowest BCUT2D eigenvalue weighted by atomic mass is 9.69. The molecule has 1 heterocycles. The third-order valence-electron chi connectivity index (χ3n) is 5.54. The zero-order valence-corrected chi connectivity index (χ0v) is 15.4. The number of benzene rings is 1. The van der Waals surface area contributed by atoms with Crippen LogP contribution in [0.1, 0.15) is 43.4 Å². The molecule has 2 aromatic rings. The van der Waals surface area contributed by atoms with Crippen molar-refractivity contribution in [3.63, 3.8) is 0 Å². The van der Waals surface area contributed by atoms with Gasteiger partial charge in [0.2, 0.25) is 0 Å². The van der Waals surface area contributed by atoms with Gasteiger partial charge in [0.25, 0.3) is 0 Å². The summed E-state index contributed by atoms with van der Waals surface area (Å²) in [5.41, 5.74) is 4.03. The zero-order valence-electron chi connectivity index (χ0n) is 13.9. The summed E-state index contributed by atoms with van der Waals surface area (Å²) in [6, 6.07) is 5.61. The molecule has 0 saturated carbocycles. The van der Waals surface area contributed by atoms with Crippen LogP contribution >= 0.6 is 23.2 Å². The molecule has 3 atom stereocenters. The molecule has 2 aliphatic rings. The normalized spacial score (nSPS) is 23.1. The van der Waals surface area contributed by atoms with Crippen LogP contribution in [0.2, 0.25) is 10.0 Å². The highest BCUT2D eigenvalue weighted by Gasteiger charge is 2.36. The van der Waals surface area contributed by atoms with Crippen LogP contribution in [-0.4, -0.2) is 16.1 Å². The summed E-state index contributed by atoms with van der Waals surface area (Å²) in [4.78, 5) is 16.4. The Balaban J connectivity index is 1.80. The van der Waals surface area contributed by atoms with E-state index in [1.807, 2.05) is 25.1 Å². The van der Waals surface area contributed by atoms with Crippen LogP contribution in [0, 0.1) is 11.8 Å². The number of carboxylic acid groups (broad SMARTS) is 1. The van der Waals surface area contributed by atoms with Crippen molar-refractivity contribution in [3.05, 3.63) is 51.2 Å². The lowest BCUT2D eigenvalue weighted by Gasteiger charge is -2.37. The third-order valence-corrected chi connectivity index (χ3v) is 6.18. The fraction of sp³-hybridized carbons (Fsp3) is 0.400. The van der Waals surface area contributed by atoms with Crippen molar-refractivity contribution in [2.24, 2.45) is 11.8 Å². The highest BCUT2D eigenvalue weighted by molar-refractivity contribution is 6.37. The molecule has 0 saturated heterocycles. The first kappa shape index (κ1) is 16.9. The Hall–Kier alpha value is -1.58. The first-order valence-electron chi connectivity index (χ1n) is 8.68. The van der Waals surface area contributed by atoms with Crippen LogP contribution in [0.5, 0.6) is 0 Å². The number of nitrogens with zero attached hydrogens (tertiary/aromatic N) is 1. The molecule has 2 aliphatic carbocycles. The van der Waals surface area contributed by atoms with Gasteiger partial charge in [0.05, 0.1) is 16.5 Å². The standard InChI is InChI=1S/C20H19Cl2NO2/c1-2-14(20(24)25)11-5-10-6-12(8-11)18-17(7-10)23-16-9-13(21)3-4-15(16)19(18)22/h3-5,9-10,12,14H,2,6-8H2,1H3,(H,24,25). The van der Waals surface area contributed by atoms with Crippen molar-refractivity contribution < 1.29 is 9.90 Å². The summed E-state index contributed by atoms with van der Waals surface area (Å²) >= 11 is 12.9. The van der Waals surface area contributed by atoms with E-state index < -0.39 is 11.9 Å². The second-order valence-electron chi connectivity index (χ2n) is 7.09. The molecule has 1 aromatic carbocycles. The largest absolute Gasteiger partial charge is 0.481 e. The van der Waals surface area contributed by atoms with E-state index in [2.05, 4.69) is 6.08 Å². The summed E-state index contributed by atoms with van der Waals surface area (Å²) in [6.07, 6.45) is 5.39. The van der Waals surface area contributed by atoms with E-state index in [-0.39, 0.29) is 5.92 Å². The molecule has 2 bridgehead atoms. The van der Waals surface area contributed by atoms with Crippen molar-refractivity contribution >= 4 is 40.1 Å². The molecule has 5 heteroatoms. The predicted octanol–water partition coefficient (Wildman–Crippen LogP) is 5.63. The summed E-state index contributed by atoms with van der Waals surface area (Å²) < 4.78 is 0. The van der Waals surface area contributed by atoms with Crippen LogP contribution in [0.15, 0.2) is 29.8 Å². The minimum atomic E-state index is -0.730. The molecule has 130 valence electrons. The van der Waals surface area contributed by atoms with E-state index in [0.29, 0.717) is 17.4 Å². The molecule has 0 aliphatic heterocycles. The van der Waals surface area contributed by atoms with E-state index in [0.717, 1.165) is 52.0 Å². The number of aromatic nitrogens is 1. The lowest BCUT2D eigenvalue weighted by molar-refractivity contribution is -0.140. The summed E-state index contributed by atoms with van der Waals surface area (Å²) in [5.74, 6) is -0.527. The Morgan fingerprint density at radius 1 is 1.36 bits per heavy atom. The van der Waals surface area contributed by atoms with Crippen LogP contribution in [0.3, 0.4) is 0 Å². The lowest BCUT2D eigenvalue weighted by Crippen LogP contribution is -2.27. The molecule has 1 aromatic heterocycles. The van der Waals surface area contributed by atoms with Crippen LogP contribution in [0.4, 0.5) is 0 Å². The predicted molar refractivity (Wildman–Crippen MR) is 100 cm³/mol. The average molecular weight is 376 g/mol. The Bertz CT molecular complexity index is 906. The molecule has 4 rings (SSSR count). The summed E-state index contributed by atoms with van der Waals surface area (Å²) in [7, 11) is 0. The molecule has 25 heavy (non-hydrogen) atoms. The van der Waals surface area contributed by atoms with Gasteiger partial charge in [-0.05, 0) is 61.3 Å². The SMILES string of the molecule is CCC(C(=O)O)C1=CC2Cc3nc4cc(Cl)ccc4c(Cl)c3C(C1)C2. The number of fused-ring (bicyclic) bond motifs is 5. The van der Waals surface area contributed by atoms with Crippen molar-refractivity contribution in [2.75, 3.05) is 0 Å². The molecule has 0 amide bonds. The molecule has 3 unspecified atom stereocenters. The van der Waals surface area contributed by atoms with Gasteiger partial charge < -0.3 is 5.11 Å². The van der Waals surface area contributed by atoms with Crippen molar-refractivity contribution in [3.8, 4) is 0 Å². The number of hydrogen-bond donors (Lipinski definition) is 1. The maximum Gasteiger partial charge on any atom is 0.310 e. The number of hydrogen-bond acceptors (Lipinski definition) is 2. The molecule has 0 fully saturated rings. The van der Waals surface area contributed by atoms with Crippen molar-refractivity contribution in [1.29, 1.82) is 0 Å². The van der Waals surface area contributed by atoms with E-state index >= 15 is 0 Å². The quantitative estimate of drug-likeness (QED) is 0.707. The van der Waals surface area contributed by atoms with Gasteiger partial charge in [-0.2, -0.15) is 0 Å². The van der Waals surface area contributed by atoms with Crippen LogP contribution in [0.25, 0.3) is 10.9 Å². The fourth-order valence-electron chi connectivity index (χ4n) is 4.47. The van der Waals surface area contributed by atoms with Gasteiger partial charge in [-0.25, -0.2) is 0 Å². The molecule has 3 nitrogen and oxygen atoms in total. The Morgan fingerprint density at radius 3 is 2.88 bits per heavy atom. The van der Waals surface area contributed by atoms with Crippen LogP contribution < -0.4 is 0 Å². The molecule has 0 spiro atoms. The minimum Gasteiger partial charge on any atom is -0.481 e. The minimum absolute atomic E-state index is 0.252. The zero-order chi connectivity index (χ0) is 17.7. The topological polar surface area (TPSA) is 50.2 Å². The average Bonchev–Trinajstić information content (AvgIpc) is 2.54. The van der Waals surface area contributed by atoms with Gasteiger partial charge in [-0.15, -0.1) is 0 Å². The highest BCUT2D eigenvalue weighted by atomic mass is 35.5. The number of rotatable bonds is 3. The fourth-order valence-corrected chi connectivity index (χ4v) is 5.06. The monoisotopic (exact) mass is 375 g/mol. The molecular formula is C20H19Cl2NO2. The second kappa shape index (κ2) is 6.30. The van der Waals surface area contributed by atoms with Crippen molar-refractivity contribution in [2.45, 2.75) is 38.5 Å². The second-order valence-corrected chi connectivity index (χ2v) is 7.90. The summed E-state index contributed by atoms with van der Waals surface area (Å²) in [5, 5.41) is 11.8. The first-order chi connectivity index (χ1) is 12.0. The van der Waals surface area contributed by atoms with Gasteiger partial charge in [0.1, 0.15) is 0 Å². The number of halogens is 2. The van der Waals surface area contributed by atoms with Gasteiger partial charge in [0, 0.05) is 16.1 Å². The van der Waals surface area contributed by atoms with Gasteiger partial charge in [-0.1, -0.05) is 41.8 Å². The molecule has 1 N–H and O–H groups in total. The Labute approximate surface area is 156 Å². The van der Waals surface area contributed by atoms with Gasteiger partial charge in [0.15, 0.2) is 0 Å². The number of pyridine rings is 1. The van der Waals surface area contributed by atoms with Gasteiger partial charge >= 0.3 is 5.97 Å². The van der Waals surface area contributed by atoms with E-state index in [4.69, 9.17) is 28.2 Å². The third kappa shape index (κ3) is 2.84. The van der Waals surface area contributed by atoms with E-state index in [9.17, 15) is 9.90 Å². The Kier molecular flexibility index (Phi) is 4.25. The maximum atomic E-state index is 11.6. The Morgan fingerprint density at radius 2 is 2.16 bits per heavy atom. The molecule has 0 radical (unpaired) electrons. The molecular weight excluding hydrogens is 357 g/mol.